The Morgan fingerprint density at radius 3 is 2.67 bits per heavy atom. The van der Waals surface area contributed by atoms with E-state index in [1.165, 1.54) is 18.2 Å². The standard InChI is InChI=1S/C12H10F3NO2/c13-12(14,15)6-10(17)8-1-3-9-7(5-8)2-4-11(18)16-9/h1,3,5H,2,4,6H2,(H,16,18). The van der Waals surface area contributed by atoms with Crippen LogP contribution >= 0.6 is 0 Å². The maximum Gasteiger partial charge on any atom is 0.396 e. The number of halogens is 3. The van der Waals surface area contributed by atoms with Crippen molar-refractivity contribution in [3.8, 4) is 0 Å². The van der Waals surface area contributed by atoms with Crippen LogP contribution in [0.3, 0.4) is 0 Å². The molecule has 0 aliphatic carbocycles. The maximum absolute atomic E-state index is 12.1. The zero-order valence-electron chi connectivity index (χ0n) is 9.30. The Hall–Kier alpha value is -1.85. The quantitative estimate of drug-likeness (QED) is 0.828. The van der Waals surface area contributed by atoms with Gasteiger partial charge in [-0.1, -0.05) is 0 Å². The second kappa shape index (κ2) is 4.44. The fourth-order valence-electron chi connectivity index (χ4n) is 1.84. The van der Waals surface area contributed by atoms with E-state index in [0.717, 1.165) is 0 Å². The largest absolute Gasteiger partial charge is 0.396 e. The van der Waals surface area contributed by atoms with Crippen LogP contribution in [-0.4, -0.2) is 17.9 Å². The van der Waals surface area contributed by atoms with E-state index in [9.17, 15) is 22.8 Å². The lowest BCUT2D eigenvalue weighted by Crippen LogP contribution is -2.20. The summed E-state index contributed by atoms with van der Waals surface area (Å²) in [7, 11) is 0. The summed E-state index contributed by atoms with van der Waals surface area (Å²) in [6.07, 6.45) is -5.24. The summed E-state index contributed by atoms with van der Waals surface area (Å²) in [5.41, 5.74) is 1.29. The number of rotatable bonds is 2. The first kappa shape index (κ1) is 12.6. The Bertz CT molecular complexity index is 509. The Balaban J connectivity index is 2.21. The van der Waals surface area contributed by atoms with Gasteiger partial charge in [-0.3, -0.25) is 9.59 Å². The molecule has 0 aromatic heterocycles. The third kappa shape index (κ3) is 2.88. The third-order valence-electron chi connectivity index (χ3n) is 2.68. The predicted molar refractivity (Wildman–Crippen MR) is 58.4 cm³/mol. The van der Waals surface area contributed by atoms with Crippen LogP contribution in [-0.2, 0) is 11.2 Å². The van der Waals surface area contributed by atoms with Crippen molar-refractivity contribution >= 4 is 17.4 Å². The number of carbonyl (C=O) groups is 2. The summed E-state index contributed by atoms with van der Waals surface area (Å²) in [6.45, 7) is 0. The zero-order chi connectivity index (χ0) is 13.3. The molecular weight excluding hydrogens is 247 g/mol. The zero-order valence-corrected chi connectivity index (χ0v) is 9.30. The van der Waals surface area contributed by atoms with E-state index in [1.807, 2.05) is 0 Å². The summed E-state index contributed by atoms with van der Waals surface area (Å²) in [5, 5.41) is 2.60. The molecule has 1 aliphatic rings. The highest BCUT2D eigenvalue weighted by Crippen LogP contribution is 2.26. The van der Waals surface area contributed by atoms with Crippen molar-refractivity contribution in [2.24, 2.45) is 0 Å². The predicted octanol–water partition coefficient (Wildman–Crippen LogP) is 2.71. The first-order chi connectivity index (χ1) is 8.35. The number of hydrogen-bond donors (Lipinski definition) is 1. The SMILES string of the molecule is O=C1CCc2cc(C(=O)CC(F)(F)F)ccc2N1. The number of hydrogen-bond acceptors (Lipinski definition) is 2. The van der Waals surface area contributed by atoms with E-state index in [1.54, 1.807) is 0 Å². The van der Waals surface area contributed by atoms with E-state index < -0.39 is 18.4 Å². The number of fused-ring (bicyclic) bond motifs is 1. The lowest BCUT2D eigenvalue weighted by atomic mass is 9.98. The number of amides is 1. The van der Waals surface area contributed by atoms with Crippen LogP contribution < -0.4 is 5.32 Å². The molecule has 1 N–H and O–H groups in total. The molecule has 1 aromatic rings. The Labute approximate surface area is 101 Å². The Morgan fingerprint density at radius 1 is 1.28 bits per heavy atom. The number of aryl methyl sites for hydroxylation is 1. The minimum Gasteiger partial charge on any atom is -0.326 e. The number of benzene rings is 1. The number of nitrogens with one attached hydrogen (secondary N) is 1. The summed E-state index contributed by atoms with van der Waals surface area (Å²) < 4.78 is 36.3. The topological polar surface area (TPSA) is 46.2 Å². The van der Waals surface area contributed by atoms with Gasteiger partial charge < -0.3 is 5.32 Å². The van der Waals surface area contributed by atoms with Gasteiger partial charge in [0.1, 0.15) is 6.42 Å². The number of ketones is 1. The van der Waals surface area contributed by atoms with Crippen LogP contribution in [0.2, 0.25) is 0 Å². The van der Waals surface area contributed by atoms with Crippen molar-refractivity contribution < 1.29 is 22.8 Å². The smallest absolute Gasteiger partial charge is 0.326 e. The average molecular weight is 257 g/mol. The van der Waals surface area contributed by atoms with Crippen molar-refractivity contribution in [2.75, 3.05) is 5.32 Å². The lowest BCUT2D eigenvalue weighted by Gasteiger charge is -2.17. The molecule has 0 unspecified atom stereocenters. The van der Waals surface area contributed by atoms with E-state index in [0.29, 0.717) is 17.7 Å². The molecule has 0 radical (unpaired) electrons. The van der Waals surface area contributed by atoms with Gasteiger partial charge in [0.2, 0.25) is 5.91 Å². The number of anilines is 1. The summed E-state index contributed by atoms with van der Waals surface area (Å²) >= 11 is 0. The van der Waals surface area contributed by atoms with Gasteiger partial charge in [-0.05, 0) is 30.2 Å². The molecule has 0 fully saturated rings. The van der Waals surface area contributed by atoms with Gasteiger partial charge >= 0.3 is 6.18 Å². The van der Waals surface area contributed by atoms with Crippen LogP contribution in [0.4, 0.5) is 18.9 Å². The van der Waals surface area contributed by atoms with Gasteiger partial charge in [0.15, 0.2) is 5.78 Å². The molecule has 1 aromatic carbocycles. The van der Waals surface area contributed by atoms with Crippen LogP contribution in [0.5, 0.6) is 0 Å². The van der Waals surface area contributed by atoms with Crippen LogP contribution in [0.15, 0.2) is 18.2 Å². The third-order valence-corrected chi connectivity index (χ3v) is 2.68. The molecule has 0 spiro atoms. The van der Waals surface area contributed by atoms with Crippen LogP contribution in [0.1, 0.15) is 28.8 Å². The molecular formula is C12H10F3NO2. The molecule has 0 atom stereocenters. The Morgan fingerprint density at radius 2 is 2.00 bits per heavy atom. The van der Waals surface area contributed by atoms with Crippen LogP contribution in [0, 0.1) is 0 Å². The van der Waals surface area contributed by atoms with Gasteiger partial charge in [0.25, 0.3) is 0 Å². The molecule has 96 valence electrons. The highest BCUT2D eigenvalue weighted by molar-refractivity contribution is 5.99. The van der Waals surface area contributed by atoms with Gasteiger partial charge in [-0.25, -0.2) is 0 Å². The van der Waals surface area contributed by atoms with Crippen molar-refractivity contribution in [1.82, 2.24) is 0 Å². The molecule has 2 rings (SSSR count). The van der Waals surface area contributed by atoms with E-state index in [4.69, 9.17) is 0 Å². The fourth-order valence-corrected chi connectivity index (χ4v) is 1.84. The van der Waals surface area contributed by atoms with Gasteiger partial charge in [-0.15, -0.1) is 0 Å². The number of carbonyl (C=O) groups excluding carboxylic acids is 2. The van der Waals surface area contributed by atoms with Crippen molar-refractivity contribution in [1.29, 1.82) is 0 Å². The summed E-state index contributed by atoms with van der Waals surface area (Å²) in [5.74, 6) is -1.08. The molecule has 0 saturated heterocycles. The van der Waals surface area contributed by atoms with Gasteiger partial charge in [0, 0.05) is 17.7 Å². The highest BCUT2D eigenvalue weighted by Gasteiger charge is 2.31. The Kier molecular flexibility index (Phi) is 3.11. The summed E-state index contributed by atoms with van der Waals surface area (Å²) in [4.78, 5) is 22.5. The van der Waals surface area contributed by atoms with Crippen molar-refractivity contribution in [3.05, 3.63) is 29.3 Å². The van der Waals surface area contributed by atoms with Gasteiger partial charge in [-0.2, -0.15) is 13.2 Å². The molecule has 0 bridgehead atoms. The molecule has 3 nitrogen and oxygen atoms in total. The maximum atomic E-state index is 12.1. The second-order valence-electron chi connectivity index (χ2n) is 4.14. The first-order valence-electron chi connectivity index (χ1n) is 5.38. The molecule has 1 heterocycles. The molecule has 0 saturated carbocycles. The second-order valence-corrected chi connectivity index (χ2v) is 4.14. The van der Waals surface area contributed by atoms with E-state index >= 15 is 0 Å². The van der Waals surface area contributed by atoms with Gasteiger partial charge in [0.05, 0.1) is 0 Å². The molecule has 1 aliphatic heterocycles. The summed E-state index contributed by atoms with van der Waals surface area (Å²) in [6, 6.07) is 4.19. The number of Topliss-reactive ketones (excluding diaryl/α,β-unsaturated/α-hetero) is 1. The highest BCUT2D eigenvalue weighted by atomic mass is 19.4. The monoisotopic (exact) mass is 257 g/mol. The average Bonchev–Trinajstić information content (AvgIpc) is 2.26. The minimum absolute atomic E-state index is 0.0298. The normalized spacial score (nSPS) is 14.9. The number of alkyl halides is 3. The van der Waals surface area contributed by atoms with Crippen molar-refractivity contribution in [3.63, 3.8) is 0 Å². The van der Waals surface area contributed by atoms with E-state index in [2.05, 4.69) is 5.32 Å². The van der Waals surface area contributed by atoms with Crippen molar-refractivity contribution in [2.45, 2.75) is 25.4 Å². The fraction of sp³-hybridized carbons (Fsp3) is 0.333. The first-order valence-corrected chi connectivity index (χ1v) is 5.38. The minimum atomic E-state index is -4.50. The van der Waals surface area contributed by atoms with Crippen LogP contribution in [0.25, 0.3) is 0 Å². The molecule has 6 heteroatoms. The molecule has 18 heavy (non-hydrogen) atoms. The van der Waals surface area contributed by atoms with E-state index in [-0.39, 0.29) is 17.9 Å². The molecule has 1 amide bonds. The lowest BCUT2D eigenvalue weighted by molar-refractivity contribution is -0.125.